The van der Waals surface area contributed by atoms with Crippen LogP contribution in [0.5, 0.6) is 0 Å². The minimum atomic E-state index is -0.845. The van der Waals surface area contributed by atoms with Crippen molar-refractivity contribution in [2.24, 2.45) is 11.7 Å². The van der Waals surface area contributed by atoms with E-state index in [2.05, 4.69) is 4.90 Å². The molecule has 0 aromatic heterocycles. The summed E-state index contributed by atoms with van der Waals surface area (Å²) >= 11 is 0. The van der Waals surface area contributed by atoms with Crippen molar-refractivity contribution in [2.75, 3.05) is 33.9 Å². The molecule has 104 valence electrons. The van der Waals surface area contributed by atoms with Gasteiger partial charge in [0, 0.05) is 19.7 Å². The van der Waals surface area contributed by atoms with E-state index in [-0.39, 0.29) is 18.0 Å². The van der Waals surface area contributed by atoms with Gasteiger partial charge >= 0.3 is 5.97 Å². The molecule has 1 heterocycles. The fourth-order valence-electron chi connectivity index (χ4n) is 2.80. The normalized spacial score (nSPS) is 27.2. The molecular formula is C13H24N2O3. The highest BCUT2D eigenvalue weighted by Crippen LogP contribution is 2.39. The summed E-state index contributed by atoms with van der Waals surface area (Å²) in [6, 6.07) is 0. The van der Waals surface area contributed by atoms with Crippen LogP contribution in [0.25, 0.3) is 0 Å². The third-order valence-corrected chi connectivity index (χ3v) is 3.94. The molecule has 5 nitrogen and oxygen atoms in total. The molecule has 2 fully saturated rings. The van der Waals surface area contributed by atoms with E-state index >= 15 is 0 Å². The number of hydrogen-bond acceptors (Lipinski definition) is 5. The number of esters is 1. The smallest absolute Gasteiger partial charge is 0.327 e. The van der Waals surface area contributed by atoms with Crippen LogP contribution in [0.4, 0.5) is 0 Å². The Labute approximate surface area is 109 Å². The minimum absolute atomic E-state index is 0.275. The van der Waals surface area contributed by atoms with Crippen molar-refractivity contribution in [3.63, 3.8) is 0 Å². The third kappa shape index (κ3) is 3.02. The molecule has 2 atom stereocenters. The van der Waals surface area contributed by atoms with Crippen LogP contribution in [0, 0.1) is 5.92 Å². The number of nitrogens with two attached hydrogens (primary N) is 1. The van der Waals surface area contributed by atoms with Gasteiger partial charge in [0.25, 0.3) is 0 Å². The Kier molecular flexibility index (Phi) is 4.25. The Bertz CT molecular complexity index is 301. The van der Waals surface area contributed by atoms with Crippen molar-refractivity contribution in [3.8, 4) is 0 Å². The van der Waals surface area contributed by atoms with Crippen LogP contribution >= 0.6 is 0 Å². The van der Waals surface area contributed by atoms with E-state index in [1.807, 2.05) is 7.05 Å². The zero-order chi connectivity index (χ0) is 13.2. The SMILES string of the molecule is COC(=O)C(N)(CN(C)CC1CCCO1)C1CC1. The molecule has 0 aromatic carbocycles. The number of carbonyl (C=O) groups excluding carboxylic acids is 1. The molecular weight excluding hydrogens is 232 g/mol. The lowest BCUT2D eigenvalue weighted by atomic mass is 9.93. The Balaban J connectivity index is 1.89. The molecule has 5 heteroatoms. The summed E-state index contributed by atoms with van der Waals surface area (Å²) in [7, 11) is 3.40. The number of rotatable bonds is 6. The maximum atomic E-state index is 11.9. The Hall–Kier alpha value is -0.650. The molecule has 0 radical (unpaired) electrons. The molecule has 0 amide bonds. The van der Waals surface area contributed by atoms with E-state index in [0.717, 1.165) is 38.8 Å². The molecule has 1 saturated heterocycles. The summed E-state index contributed by atoms with van der Waals surface area (Å²) in [5, 5.41) is 0. The van der Waals surface area contributed by atoms with Crippen molar-refractivity contribution in [1.29, 1.82) is 0 Å². The highest BCUT2D eigenvalue weighted by Gasteiger charge is 2.49. The van der Waals surface area contributed by atoms with Crippen molar-refractivity contribution < 1.29 is 14.3 Å². The van der Waals surface area contributed by atoms with Gasteiger partial charge in [0.2, 0.25) is 0 Å². The van der Waals surface area contributed by atoms with Gasteiger partial charge in [0.05, 0.1) is 13.2 Å². The first-order valence-corrected chi connectivity index (χ1v) is 6.73. The zero-order valence-corrected chi connectivity index (χ0v) is 11.4. The van der Waals surface area contributed by atoms with E-state index in [1.54, 1.807) is 0 Å². The molecule has 2 N–H and O–H groups in total. The fraction of sp³-hybridized carbons (Fsp3) is 0.923. The van der Waals surface area contributed by atoms with E-state index in [9.17, 15) is 4.79 Å². The second kappa shape index (κ2) is 5.55. The van der Waals surface area contributed by atoms with E-state index in [4.69, 9.17) is 15.2 Å². The molecule has 2 unspecified atom stereocenters. The van der Waals surface area contributed by atoms with Gasteiger partial charge in [-0.25, -0.2) is 0 Å². The van der Waals surface area contributed by atoms with E-state index < -0.39 is 5.54 Å². The molecule has 0 spiro atoms. The van der Waals surface area contributed by atoms with Gasteiger partial charge in [-0.1, -0.05) is 0 Å². The van der Waals surface area contributed by atoms with Gasteiger partial charge in [-0.3, -0.25) is 4.79 Å². The van der Waals surface area contributed by atoms with Crippen LogP contribution in [-0.2, 0) is 14.3 Å². The predicted molar refractivity (Wildman–Crippen MR) is 68.1 cm³/mol. The van der Waals surface area contributed by atoms with Crippen LogP contribution in [0.1, 0.15) is 25.7 Å². The number of carbonyl (C=O) groups is 1. The largest absolute Gasteiger partial charge is 0.468 e. The third-order valence-electron chi connectivity index (χ3n) is 3.94. The Morgan fingerprint density at radius 1 is 1.50 bits per heavy atom. The molecule has 0 bridgehead atoms. The lowest BCUT2D eigenvalue weighted by Gasteiger charge is -2.32. The molecule has 1 aliphatic carbocycles. The standard InChI is InChI=1S/C13H24N2O3/c1-15(8-11-4-3-7-18-11)9-13(14,10-5-6-10)12(16)17-2/h10-11H,3-9,14H2,1-2H3. The van der Waals surface area contributed by atoms with Gasteiger partial charge < -0.3 is 20.1 Å². The van der Waals surface area contributed by atoms with Crippen LogP contribution in [0.3, 0.4) is 0 Å². The zero-order valence-electron chi connectivity index (χ0n) is 11.4. The first-order chi connectivity index (χ1) is 8.56. The quantitative estimate of drug-likeness (QED) is 0.696. The molecule has 18 heavy (non-hydrogen) atoms. The number of methoxy groups -OCH3 is 1. The van der Waals surface area contributed by atoms with Crippen molar-refractivity contribution in [3.05, 3.63) is 0 Å². The summed E-state index contributed by atoms with van der Waals surface area (Å²) in [4.78, 5) is 14.0. The highest BCUT2D eigenvalue weighted by atomic mass is 16.5. The number of nitrogens with zero attached hydrogens (tertiary/aromatic N) is 1. The second-order valence-corrected chi connectivity index (χ2v) is 5.64. The van der Waals surface area contributed by atoms with Gasteiger partial charge in [0.1, 0.15) is 5.54 Å². The second-order valence-electron chi connectivity index (χ2n) is 5.64. The molecule has 0 aromatic rings. The van der Waals surface area contributed by atoms with Crippen molar-refractivity contribution in [2.45, 2.75) is 37.3 Å². The van der Waals surface area contributed by atoms with Gasteiger partial charge in [-0.05, 0) is 38.6 Å². The minimum Gasteiger partial charge on any atom is -0.468 e. The Morgan fingerprint density at radius 3 is 2.72 bits per heavy atom. The van der Waals surface area contributed by atoms with E-state index in [0.29, 0.717) is 6.54 Å². The van der Waals surface area contributed by atoms with Crippen molar-refractivity contribution in [1.82, 2.24) is 4.90 Å². The maximum Gasteiger partial charge on any atom is 0.327 e. The van der Waals surface area contributed by atoms with Crippen LogP contribution < -0.4 is 5.73 Å². The first-order valence-electron chi connectivity index (χ1n) is 6.73. The molecule has 1 aliphatic heterocycles. The number of likely N-dealkylation sites (N-methyl/N-ethyl adjacent to an activating group) is 1. The first kappa shape index (κ1) is 13.8. The van der Waals surface area contributed by atoms with Gasteiger partial charge in [0.15, 0.2) is 0 Å². The number of ether oxygens (including phenoxy) is 2. The Morgan fingerprint density at radius 2 is 2.22 bits per heavy atom. The van der Waals surface area contributed by atoms with Crippen LogP contribution in [0.15, 0.2) is 0 Å². The van der Waals surface area contributed by atoms with E-state index in [1.165, 1.54) is 7.11 Å². The highest BCUT2D eigenvalue weighted by molar-refractivity contribution is 5.81. The number of hydrogen-bond donors (Lipinski definition) is 1. The summed E-state index contributed by atoms with van der Waals surface area (Å²) < 4.78 is 10.5. The monoisotopic (exact) mass is 256 g/mol. The summed E-state index contributed by atoms with van der Waals surface area (Å²) in [6.45, 7) is 2.23. The van der Waals surface area contributed by atoms with Gasteiger partial charge in [-0.15, -0.1) is 0 Å². The lowest BCUT2D eigenvalue weighted by molar-refractivity contribution is -0.148. The molecule has 2 aliphatic rings. The average Bonchev–Trinajstić information content (AvgIpc) is 3.09. The lowest BCUT2D eigenvalue weighted by Crippen LogP contribution is -2.58. The topological polar surface area (TPSA) is 64.8 Å². The predicted octanol–water partition coefficient (Wildman–Crippen LogP) is 0.378. The van der Waals surface area contributed by atoms with Gasteiger partial charge in [-0.2, -0.15) is 0 Å². The summed E-state index contributed by atoms with van der Waals surface area (Å²) in [5.41, 5.74) is 5.43. The van der Waals surface area contributed by atoms with Crippen molar-refractivity contribution >= 4 is 5.97 Å². The summed E-state index contributed by atoms with van der Waals surface area (Å²) in [5.74, 6) is -0.0129. The van der Waals surface area contributed by atoms with Crippen LogP contribution in [-0.4, -0.2) is 56.4 Å². The fourth-order valence-corrected chi connectivity index (χ4v) is 2.80. The summed E-state index contributed by atoms with van der Waals surface area (Å²) in [6.07, 6.45) is 4.57. The molecule has 2 rings (SSSR count). The molecule has 1 saturated carbocycles. The van der Waals surface area contributed by atoms with Crippen LogP contribution in [0.2, 0.25) is 0 Å². The average molecular weight is 256 g/mol. The maximum absolute atomic E-state index is 11.9.